The van der Waals surface area contributed by atoms with E-state index in [0.717, 1.165) is 25.7 Å². The first-order valence-corrected chi connectivity index (χ1v) is 6.76. The van der Waals surface area contributed by atoms with Crippen LogP contribution < -0.4 is 5.32 Å². The van der Waals surface area contributed by atoms with Crippen LogP contribution in [0.25, 0.3) is 0 Å². The summed E-state index contributed by atoms with van der Waals surface area (Å²) in [7, 11) is 0. The van der Waals surface area contributed by atoms with Gasteiger partial charge in [-0.05, 0) is 37.7 Å². The molecule has 0 amide bonds. The first-order chi connectivity index (χ1) is 9.49. The third kappa shape index (κ3) is 3.07. The van der Waals surface area contributed by atoms with Gasteiger partial charge in [-0.2, -0.15) is 0 Å². The van der Waals surface area contributed by atoms with Crippen molar-refractivity contribution < 1.29 is 14.8 Å². The van der Waals surface area contributed by atoms with Crippen LogP contribution in [-0.4, -0.2) is 22.0 Å². The van der Waals surface area contributed by atoms with E-state index < -0.39 is 10.9 Å². The molecule has 1 aliphatic carbocycles. The molecule has 1 aliphatic rings. The van der Waals surface area contributed by atoms with Gasteiger partial charge in [0.05, 0.1) is 10.5 Å². The number of nitrogens with zero attached hydrogens (tertiary/aromatic N) is 1. The Morgan fingerprint density at radius 3 is 2.55 bits per heavy atom. The lowest BCUT2D eigenvalue weighted by Crippen LogP contribution is -2.26. The Morgan fingerprint density at radius 2 is 2.00 bits per heavy atom. The van der Waals surface area contributed by atoms with Gasteiger partial charge in [0.1, 0.15) is 5.69 Å². The number of hydrogen-bond acceptors (Lipinski definition) is 4. The number of nitrogens with one attached hydrogen (secondary N) is 1. The van der Waals surface area contributed by atoms with E-state index in [4.69, 9.17) is 0 Å². The molecule has 0 saturated heterocycles. The summed E-state index contributed by atoms with van der Waals surface area (Å²) in [4.78, 5) is 21.7. The van der Waals surface area contributed by atoms with Crippen LogP contribution in [0.5, 0.6) is 0 Å². The highest BCUT2D eigenvalue weighted by Gasteiger charge is 2.25. The summed E-state index contributed by atoms with van der Waals surface area (Å²) in [6.45, 7) is 2.18. The molecule has 6 heteroatoms. The number of rotatable bonds is 4. The average Bonchev–Trinajstić information content (AvgIpc) is 2.41. The van der Waals surface area contributed by atoms with E-state index in [1.54, 1.807) is 0 Å². The molecule has 2 rings (SSSR count). The van der Waals surface area contributed by atoms with Crippen LogP contribution in [0.1, 0.15) is 43.0 Å². The first-order valence-electron chi connectivity index (χ1n) is 6.76. The van der Waals surface area contributed by atoms with Crippen molar-refractivity contribution in [2.75, 3.05) is 5.32 Å². The predicted molar refractivity (Wildman–Crippen MR) is 75.1 cm³/mol. The Hall–Kier alpha value is -2.11. The lowest BCUT2D eigenvalue weighted by Gasteiger charge is -2.28. The quantitative estimate of drug-likeness (QED) is 0.651. The molecule has 0 bridgehead atoms. The SMILES string of the molecule is CC1CCC(Nc2c(C(=O)O)cccc2[N+](=O)[O-])CC1. The van der Waals surface area contributed by atoms with Crippen molar-refractivity contribution in [2.24, 2.45) is 5.92 Å². The predicted octanol–water partition coefficient (Wildman–Crippen LogP) is 3.28. The maximum Gasteiger partial charge on any atom is 0.338 e. The topological polar surface area (TPSA) is 92.5 Å². The second kappa shape index (κ2) is 5.90. The largest absolute Gasteiger partial charge is 0.478 e. The Morgan fingerprint density at radius 1 is 1.35 bits per heavy atom. The minimum Gasteiger partial charge on any atom is -0.478 e. The zero-order valence-corrected chi connectivity index (χ0v) is 11.3. The highest BCUT2D eigenvalue weighted by Crippen LogP contribution is 2.32. The first kappa shape index (κ1) is 14.3. The second-order valence-electron chi connectivity index (χ2n) is 5.36. The number of carbonyl (C=O) groups is 1. The molecule has 1 aromatic carbocycles. The van der Waals surface area contributed by atoms with Gasteiger partial charge in [-0.3, -0.25) is 10.1 Å². The molecule has 108 valence electrons. The van der Waals surface area contributed by atoms with Crippen molar-refractivity contribution in [2.45, 2.75) is 38.6 Å². The lowest BCUT2D eigenvalue weighted by atomic mass is 9.87. The van der Waals surface area contributed by atoms with E-state index in [1.165, 1.54) is 18.2 Å². The summed E-state index contributed by atoms with van der Waals surface area (Å²) in [5.41, 5.74) is -0.0918. The van der Waals surface area contributed by atoms with E-state index in [2.05, 4.69) is 12.2 Å². The maximum absolute atomic E-state index is 11.2. The number of carboxylic acids is 1. The van der Waals surface area contributed by atoms with Crippen LogP contribution in [0, 0.1) is 16.0 Å². The minimum absolute atomic E-state index is 0.0437. The van der Waals surface area contributed by atoms with E-state index in [9.17, 15) is 20.0 Å². The highest BCUT2D eigenvalue weighted by molar-refractivity contribution is 5.96. The van der Waals surface area contributed by atoms with Crippen LogP contribution in [0.4, 0.5) is 11.4 Å². The summed E-state index contributed by atoms with van der Waals surface area (Å²) in [5, 5.41) is 23.3. The molecule has 0 atom stereocenters. The molecule has 1 aromatic rings. The molecule has 0 aromatic heterocycles. The van der Waals surface area contributed by atoms with Gasteiger partial charge in [-0.15, -0.1) is 0 Å². The van der Waals surface area contributed by atoms with Crippen molar-refractivity contribution in [1.82, 2.24) is 0 Å². The van der Waals surface area contributed by atoms with Crippen LogP contribution in [0.2, 0.25) is 0 Å². The number of para-hydroxylation sites is 1. The van der Waals surface area contributed by atoms with E-state index in [0.29, 0.717) is 5.92 Å². The highest BCUT2D eigenvalue weighted by atomic mass is 16.6. The Bertz CT molecular complexity index is 490. The number of anilines is 1. The van der Waals surface area contributed by atoms with Crippen LogP contribution in [0.3, 0.4) is 0 Å². The monoisotopic (exact) mass is 278 g/mol. The molecule has 6 nitrogen and oxygen atoms in total. The van der Waals surface area contributed by atoms with Crippen molar-refractivity contribution in [3.8, 4) is 0 Å². The zero-order valence-electron chi connectivity index (χ0n) is 11.3. The molecule has 0 heterocycles. The smallest absolute Gasteiger partial charge is 0.338 e. The van der Waals surface area contributed by atoms with Gasteiger partial charge in [0, 0.05) is 12.1 Å². The number of carboxylic acid groups (broad SMARTS) is 1. The van der Waals surface area contributed by atoms with Gasteiger partial charge in [0.15, 0.2) is 0 Å². The average molecular weight is 278 g/mol. The van der Waals surface area contributed by atoms with Gasteiger partial charge < -0.3 is 10.4 Å². The van der Waals surface area contributed by atoms with E-state index in [-0.39, 0.29) is 23.0 Å². The van der Waals surface area contributed by atoms with Gasteiger partial charge in [-0.1, -0.05) is 13.0 Å². The molecule has 0 spiro atoms. The third-order valence-corrected chi connectivity index (χ3v) is 3.83. The summed E-state index contributed by atoms with van der Waals surface area (Å²) in [6, 6.07) is 4.23. The minimum atomic E-state index is -1.15. The molecule has 20 heavy (non-hydrogen) atoms. The van der Waals surface area contributed by atoms with Crippen LogP contribution in [-0.2, 0) is 0 Å². The Kier molecular flexibility index (Phi) is 4.22. The summed E-state index contributed by atoms with van der Waals surface area (Å²) < 4.78 is 0. The Balaban J connectivity index is 2.28. The van der Waals surface area contributed by atoms with Crippen LogP contribution in [0.15, 0.2) is 18.2 Å². The van der Waals surface area contributed by atoms with Gasteiger partial charge in [-0.25, -0.2) is 4.79 Å². The fourth-order valence-corrected chi connectivity index (χ4v) is 2.63. The number of nitro benzene ring substituents is 1. The van der Waals surface area contributed by atoms with Gasteiger partial charge in [0.2, 0.25) is 0 Å². The zero-order chi connectivity index (χ0) is 14.7. The summed E-state index contributed by atoms with van der Waals surface area (Å²) in [6.07, 6.45) is 3.93. The number of aromatic carboxylic acids is 1. The molecule has 2 N–H and O–H groups in total. The number of hydrogen-bond donors (Lipinski definition) is 2. The maximum atomic E-state index is 11.2. The number of nitro groups is 1. The lowest BCUT2D eigenvalue weighted by molar-refractivity contribution is -0.384. The Labute approximate surface area is 117 Å². The molecule has 1 saturated carbocycles. The molecule has 0 aliphatic heterocycles. The second-order valence-corrected chi connectivity index (χ2v) is 5.36. The summed E-state index contributed by atoms with van der Waals surface area (Å²) in [5.74, 6) is -0.488. The third-order valence-electron chi connectivity index (χ3n) is 3.83. The number of benzene rings is 1. The molecular weight excluding hydrogens is 260 g/mol. The van der Waals surface area contributed by atoms with Crippen molar-refractivity contribution in [3.05, 3.63) is 33.9 Å². The fraction of sp³-hybridized carbons (Fsp3) is 0.500. The van der Waals surface area contributed by atoms with Gasteiger partial charge >= 0.3 is 5.97 Å². The molecule has 0 radical (unpaired) electrons. The van der Waals surface area contributed by atoms with E-state index in [1.807, 2.05) is 0 Å². The summed E-state index contributed by atoms with van der Waals surface area (Å²) >= 11 is 0. The standard InChI is InChI=1S/C14H18N2O4/c1-9-5-7-10(8-6-9)15-13-11(14(17)18)3-2-4-12(13)16(19)20/h2-4,9-10,15H,5-8H2,1H3,(H,17,18). The van der Waals surface area contributed by atoms with Crippen molar-refractivity contribution in [3.63, 3.8) is 0 Å². The van der Waals surface area contributed by atoms with Crippen molar-refractivity contribution in [1.29, 1.82) is 0 Å². The normalized spacial score (nSPS) is 22.2. The molecular formula is C14H18N2O4. The molecule has 1 fully saturated rings. The molecule has 0 unspecified atom stereocenters. The van der Waals surface area contributed by atoms with Crippen molar-refractivity contribution >= 4 is 17.3 Å². The van der Waals surface area contributed by atoms with Crippen LogP contribution >= 0.6 is 0 Å². The van der Waals surface area contributed by atoms with Gasteiger partial charge in [0.25, 0.3) is 5.69 Å². The van der Waals surface area contributed by atoms with E-state index >= 15 is 0 Å². The fourth-order valence-electron chi connectivity index (χ4n) is 2.63.